The first-order valence-electron chi connectivity index (χ1n) is 7.46. The van der Waals surface area contributed by atoms with Crippen molar-refractivity contribution < 1.29 is 9.53 Å². The second-order valence-electron chi connectivity index (χ2n) is 6.45. The molecule has 0 spiro atoms. The Morgan fingerprint density at radius 1 is 1.37 bits per heavy atom. The average Bonchev–Trinajstić information content (AvgIpc) is 2.86. The molecule has 3 rings (SSSR count). The molecule has 3 fully saturated rings. The SMILES string of the molecule is CN1CCCC2CN(C(=O)C3(N)CCOC3)CCC21. The molecule has 3 aliphatic heterocycles. The van der Waals surface area contributed by atoms with E-state index in [4.69, 9.17) is 10.5 Å². The summed E-state index contributed by atoms with van der Waals surface area (Å²) in [6.45, 7) is 3.93. The van der Waals surface area contributed by atoms with Crippen LogP contribution in [0.4, 0.5) is 0 Å². The summed E-state index contributed by atoms with van der Waals surface area (Å²) in [5, 5.41) is 0. The van der Waals surface area contributed by atoms with Crippen molar-refractivity contribution in [1.82, 2.24) is 9.80 Å². The summed E-state index contributed by atoms with van der Waals surface area (Å²) in [6, 6.07) is 0.659. The summed E-state index contributed by atoms with van der Waals surface area (Å²) in [5.41, 5.74) is 5.45. The predicted octanol–water partition coefficient (Wildman–Crippen LogP) is 0.0469. The molecule has 108 valence electrons. The zero-order chi connectivity index (χ0) is 13.5. The van der Waals surface area contributed by atoms with Gasteiger partial charge in [-0.1, -0.05) is 0 Å². The van der Waals surface area contributed by atoms with Gasteiger partial charge < -0.3 is 20.3 Å². The minimum Gasteiger partial charge on any atom is -0.379 e. The van der Waals surface area contributed by atoms with Crippen LogP contribution in [0.15, 0.2) is 0 Å². The third-order valence-electron chi connectivity index (χ3n) is 5.11. The van der Waals surface area contributed by atoms with E-state index in [1.54, 1.807) is 0 Å². The summed E-state index contributed by atoms with van der Waals surface area (Å²) in [7, 11) is 2.21. The van der Waals surface area contributed by atoms with Crippen LogP contribution >= 0.6 is 0 Å². The fourth-order valence-corrected chi connectivity index (χ4v) is 3.90. The molecule has 0 aromatic carbocycles. The van der Waals surface area contributed by atoms with Gasteiger partial charge in [0.1, 0.15) is 5.54 Å². The molecule has 0 radical (unpaired) electrons. The van der Waals surface area contributed by atoms with Crippen LogP contribution in [0.1, 0.15) is 25.7 Å². The van der Waals surface area contributed by atoms with Crippen molar-refractivity contribution in [3.8, 4) is 0 Å². The molecular formula is C14H25N3O2. The number of amides is 1. The number of hydrogen-bond donors (Lipinski definition) is 1. The first-order valence-corrected chi connectivity index (χ1v) is 7.46. The number of hydrogen-bond acceptors (Lipinski definition) is 4. The van der Waals surface area contributed by atoms with Crippen LogP contribution in [0.3, 0.4) is 0 Å². The monoisotopic (exact) mass is 267 g/mol. The number of piperidine rings is 2. The van der Waals surface area contributed by atoms with Gasteiger partial charge in [-0.05, 0) is 45.2 Å². The van der Waals surface area contributed by atoms with Gasteiger partial charge in [-0.25, -0.2) is 0 Å². The van der Waals surface area contributed by atoms with Crippen LogP contribution in [0, 0.1) is 5.92 Å². The van der Waals surface area contributed by atoms with Gasteiger partial charge in [0.25, 0.3) is 0 Å². The zero-order valence-electron chi connectivity index (χ0n) is 11.8. The Morgan fingerprint density at radius 2 is 2.21 bits per heavy atom. The minimum absolute atomic E-state index is 0.108. The van der Waals surface area contributed by atoms with E-state index in [0.29, 0.717) is 31.6 Å². The molecule has 19 heavy (non-hydrogen) atoms. The summed E-state index contributed by atoms with van der Waals surface area (Å²) in [6.07, 6.45) is 4.24. The van der Waals surface area contributed by atoms with E-state index in [1.165, 1.54) is 19.4 Å². The fraction of sp³-hybridized carbons (Fsp3) is 0.929. The largest absolute Gasteiger partial charge is 0.379 e. The van der Waals surface area contributed by atoms with Gasteiger partial charge in [0.15, 0.2) is 0 Å². The van der Waals surface area contributed by atoms with Gasteiger partial charge in [0.2, 0.25) is 5.91 Å². The van der Waals surface area contributed by atoms with Crippen LogP contribution in [0.5, 0.6) is 0 Å². The highest BCUT2D eigenvalue weighted by molar-refractivity contribution is 5.86. The molecule has 5 nitrogen and oxygen atoms in total. The maximum Gasteiger partial charge on any atom is 0.245 e. The standard InChI is InChI=1S/C14H25N3O2/c1-16-6-2-3-11-9-17(7-4-12(11)16)13(18)14(15)5-8-19-10-14/h11-12H,2-10,15H2,1H3. The Bertz CT molecular complexity index is 355. The molecule has 3 unspecified atom stereocenters. The van der Waals surface area contributed by atoms with E-state index in [0.717, 1.165) is 19.5 Å². The first kappa shape index (κ1) is 13.3. The van der Waals surface area contributed by atoms with Crippen molar-refractivity contribution in [3.63, 3.8) is 0 Å². The van der Waals surface area contributed by atoms with E-state index < -0.39 is 5.54 Å². The van der Waals surface area contributed by atoms with Crippen molar-refractivity contribution in [3.05, 3.63) is 0 Å². The zero-order valence-corrected chi connectivity index (χ0v) is 11.8. The Hall–Kier alpha value is -0.650. The maximum atomic E-state index is 12.6. The number of carbonyl (C=O) groups is 1. The number of likely N-dealkylation sites (tertiary alicyclic amines) is 2. The van der Waals surface area contributed by atoms with E-state index in [2.05, 4.69) is 11.9 Å². The van der Waals surface area contributed by atoms with Crippen LogP contribution in [-0.2, 0) is 9.53 Å². The normalized spacial score (nSPS) is 40.2. The number of ether oxygens (including phenoxy) is 1. The second kappa shape index (κ2) is 5.04. The van der Waals surface area contributed by atoms with E-state index >= 15 is 0 Å². The van der Waals surface area contributed by atoms with E-state index in [9.17, 15) is 4.79 Å². The number of carbonyl (C=O) groups excluding carboxylic acids is 1. The summed E-state index contributed by atoms with van der Waals surface area (Å²) >= 11 is 0. The van der Waals surface area contributed by atoms with Gasteiger partial charge in [0, 0.05) is 25.7 Å². The highest BCUT2D eigenvalue weighted by Crippen LogP contribution is 2.31. The smallest absolute Gasteiger partial charge is 0.245 e. The highest BCUT2D eigenvalue weighted by Gasteiger charge is 2.44. The van der Waals surface area contributed by atoms with Crippen molar-refractivity contribution >= 4 is 5.91 Å². The van der Waals surface area contributed by atoms with E-state index in [-0.39, 0.29) is 5.91 Å². The van der Waals surface area contributed by atoms with Crippen LogP contribution in [0.25, 0.3) is 0 Å². The molecule has 0 aliphatic carbocycles. The molecule has 5 heteroatoms. The first-order chi connectivity index (χ1) is 9.10. The third-order valence-corrected chi connectivity index (χ3v) is 5.11. The Morgan fingerprint density at radius 3 is 2.95 bits per heavy atom. The molecule has 0 bridgehead atoms. The van der Waals surface area contributed by atoms with Crippen molar-refractivity contribution in [2.45, 2.75) is 37.3 Å². The van der Waals surface area contributed by atoms with Crippen LogP contribution < -0.4 is 5.73 Å². The molecule has 3 atom stereocenters. The molecule has 1 amide bonds. The Balaban J connectivity index is 1.66. The topological polar surface area (TPSA) is 58.8 Å². The lowest BCUT2D eigenvalue weighted by Crippen LogP contribution is -2.61. The number of rotatable bonds is 1. The molecular weight excluding hydrogens is 242 g/mol. The molecule has 3 saturated heterocycles. The van der Waals surface area contributed by atoms with Gasteiger partial charge in [-0.15, -0.1) is 0 Å². The number of nitrogens with two attached hydrogens (primary N) is 1. The minimum atomic E-state index is -0.757. The van der Waals surface area contributed by atoms with Crippen LogP contribution in [0.2, 0.25) is 0 Å². The van der Waals surface area contributed by atoms with Gasteiger partial charge in [-0.3, -0.25) is 4.79 Å². The number of fused-ring (bicyclic) bond motifs is 1. The highest BCUT2D eigenvalue weighted by atomic mass is 16.5. The number of nitrogens with zero attached hydrogens (tertiary/aromatic N) is 2. The Kier molecular flexibility index (Phi) is 3.53. The van der Waals surface area contributed by atoms with Crippen LogP contribution in [-0.4, -0.2) is 67.2 Å². The fourth-order valence-electron chi connectivity index (χ4n) is 3.90. The second-order valence-corrected chi connectivity index (χ2v) is 6.45. The maximum absolute atomic E-state index is 12.6. The van der Waals surface area contributed by atoms with Gasteiger partial charge in [-0.2, -0.15) is 0 Å². The third kappa shape index (κ3) is 2.39. The van der Waals surface area contributed by atoms with E-state index in [1.807, 2.05) is 4.90 Å². The summed E-state index contributed by atoms with van der Waals surface area (Å²) in [5.74, 6) is 0.735. The molecule has 0 aromatic heterocycles. The molecule has 3 heterocycles. The van der Waals surface area contributed by atoms with Crippen molar-refractivity contribution in [1.29, 1.82) is 0 Å². The van der Waals surface area contributed by atoms with Crippen molar-refractivity contribution in [2.24, 2.45) is 11.7 Å². The molecule has 2 N–H and O–H groups in total. The lowest BCUT2D eigenvalue weighted by atomic mass is 9.83. The summed E-state index contributed by atoms with van der Waals surface area (Å²) < 4.78 is 5.32. The average molecular weight is 267 g/mol. The van der Waals surface area contributed by atoms with Crippen molar-refractivity contribution in [2.75, 3.05) is 39.9 Å². The predicted molar refractivity (Wildman–Crippen MR) is 72.7 cm³/mol. The summed E-state index contributed by atoms with van der Waals surface area (Å²) in [4.78, 5) is 17.0. The molecule has 3 aliphatic rings. The molecule has 0 saturated carbocycles. The van der Waals surface area contributed by atoms with Gasteiger partial charge in [0.05, 0.1) is 6.61 Å². The lowest BCUT2D eigenvalue weighted by Gasteiger charge is -2.47. The quantitative estimate of drug-likeness (QED) is 0.729. The van der Waals surface area contributed by atoms with Gasteiger partial charge >= 0.3 is 0 Å². The lowest BCUT2D eigenvalue weighted by molar-refractivity contribution is -0.140. The molecule has 0 aromatic rings. The Labute approximate surface area is 115 Å².